The molecule has 16 heavy (non-hydrogen) atoms. The quantitative estimate of drug-likeness (QED) is 0.784. The van der Waals surface area contributed by atoms with Crippen LogP contribution in [0.25, 0.3) is 0 Å². The normalized spacial score (nSPS) is 23.8. The van der Waals surface area contributed by atoms with Gasteiger partial charge in [0.1, 0.15) is 0 Å². The summed E-state index contributed by atoms with van der Waals surface area (Å²) in [6, 6.07) is 0. The third-order valence-corrected chi connectivity index (χ3v) is 3.66. The van der Waals surface area contributed by atoms with Gasteiger partial charge in [0.25, 0.3) is 0 Å². The lowest BCUT2D eigenvalue weighted by atomic mass is 9.99. The van der Waals surface area contributed by atoms with Crippen molar-refractivity contribution in [2.24, 2.45) is 5.92 Å². The molecule has 0 bridgehead atoms. The summed E-state index contributed by atoms with van der Waals surface area (Å²) in [6.45, 7) is 5.51. The number of hydrogen-bond donors (Lipinski definition) is 0. The lowest BCUT2D eigenvalue weighted by Crippen LogP contribution is -2.32. The first kappa shape index (κ1) is 10.3. The summed E-state index contributed by atoms with van der Waals surface area (Å²) in [4.78, 5) is 6.89. The second kappa shape index (κ2) is 4.17. The molecule has 0 N–H and O–H groups in total. The van der Waals surface area contributed by atoms with Gasteiger partial charge in [-0.25, -0.2) is 0 Å². The van der Waals surface area contributed by atoms with Gasteiger partial charge < -0.3 is 4.52 Å². The van der Waals surface area contributed by atoms with E-state index < -0.39 is 0 Å². The molecule has 0 atom stereocenters. The molecular formula is C12H19N3O. The molecule has 1 saturated carbocycles. The molecule has 0 amide bonds. The van der Waals surface area contributed by atoms with Crippen molar-refractivity contribution in [2.75, 3.05) is 13.1 Å². The monoisotopic (exact) mass is 221 g/mol. The number of rotatable bonds is 3. The Labute approximate surface area is 96.0 Å². The molecule has 1 aliphatic heterocycles. The van der Waals surface area contributed by atoms with Crippen LogP contribution in [-0.2, 0) is 6.54 Å². The highest BCUT2D eigenvalue weighted by Crippen LogP contribution is 2.38. The maximum Gasteiger partial charge on any atom is 0.240 e. The van der Waals surface area contributed by atoms with Crippen molar-refractivity contribution in [1.82, 2.24) is 15.0 Å². The number of piperidine rings is 1. The molecule has 4 nitrogen and oxygen atoms in total. The Hall–Kier alpha value is -0.900. The first-order valence-electron chi connectivity index (χ1n) is 6.36. The average molecular weight is 221 g/mol. The number of likely N-dealkylation sites (tertiary alicyclic amines) is 1. The number of hydrogen-bond acceptors (Lipinski definition) is 4. The Bertz CT molecular complexity index is 351. The minimum atomic E-state index is 0.596. The fourth-order valence-electron chi connectivity index (χ4n) is 2.25. The molecule has 2 aliphatic rings. The molecule has 0 unspecified atom stereocenters. The molecule has 2 fully saturated rings. The zero-order valence-corrected chi connectivity index (χ0v) is 9.85. The van der Waals surface area contributed by atoms with Gasteiger partial charge in [0.05, 0.1) is 6.54 Å². The second-order valence-corrected chi connectivity index (χ2v) is 5.28. The topological polar surface area (TPSA) is 42.2 Å². The van der Waals surface area contributed by atoms with Gasteiger partial charge in [0.2, 0.25) is 5.89 Å². The lowest BCUT2D eigenvalue weighted by molar-refractivity contribution is 0.165. The second-order valence-electron chi connectivity index (χ2n) is 5.28. The van der Waals surface area contributed by atoms with Crippen LogP contribution in [0.5, 0.6) is 0 Å². The van der Waals surface area contributed by atoms with Crippen molar-refractivity contribution in [2.45, 2.75) is 45.1 Å². The number of nitrogens with zero attached hydrogens (tertiary/aromatic N) is 3. The Morgan fingerprint density at radius 2 is 2.00 bits per heavy atom. The first-order chi connectivity index (χ1) is 7.81. The molecule has 1 aliphatic carbocycles. The Kier molecular flexibility index (Phi) is 2.67. The van der Waals surface area contributed by atoms with Crippen LogP contribution >= 0.6 is 0 Å². The summed E-state index contributed by atoms with van der Waals surface area (Å²) >= 11 is 0. The van der Waals surface area contributed by atoms with Crippen LogP contribution in [0.15, 0.2) is 4.52 Å². The van der Waals surface area contributed by atoms with Gasteiger partial charge in [-0.1, -0.05) is 12.1 Å². The largest absolute Gasteiger partial charge is 0.338 e. The van der Waals surface area contributed by atoms with E-state index >= 15 is 0 Å². The van der Waals surface area contributed by atoms with Crippen LogP contribution in [0.4, 0.5) is 0 Å². The SMILES string of the molecule is CC1CCN(Cc2nc(C3CC3)no2)CC1. The van der Waals surface area contributed by atoms with Crippen molar-refractivity contribution in [1.29, 1.82) is 0 Å². The third-order valence-electron chi connectivity index (χ3n) is 3.66. The van der Waals surface area contributed by atoms with Crippen LogP contribution < -0.4 is 0 Å². The van der Waals surface area contributed by atoms with E-state index in [1.165, 1.54) is 38.8 Å². The van der Waals surface area contributed by atoms with E-state index in [9.17, 15) is 0 Å². The predicted octanol–water partition coefficient (Wildman–Crippen LogP) is 2.18. The highest BCUT2D eigenvalue weighted by Gasteiger charge is 2.29. The molecule has 2 heterocycles. The average Bonchev–Trinajstić information content (AvgIpc) is 3.04. The minimum absolute atomic E-state index is 0.596. The van der Waals surface area contributed by atoms with E-state index in [-0.39, 0.29) is 0 Å². The molecule has 0 aromatic carbocycles. The minimum Gasteiger partial charge on any atom is -0.338 e. The maximum atomic E-state index is 5.29. The summed E-state index contributed by atoms with van der Waals surface area (Å²) in [5.74, 6) is 3.21. The molecule has 0 radical (unpaired) electrons. The number of aromatic nitrogens is 2. The highest BCUT2D eigenvalue weighted by molar-refractivity contribution is 5.03. The van der Waals surface area contributed by atoms with Gasteiger partial charge in [0, 0.05) is 5.92 Å². The summed E-state index contributed by atoms with van der Waals surface area (Å²) in [5, 5.41) is 4.05. The highest BCUT2D eigenvalue weighted by atomic mass is 16.5. The van der Waals surface area contributed by atoms with Crippen molar-refractivity contribution in [3.63, 3.8) is 0 Å². The van der Waals surface area contributed by atoms with E-state index in [0.717, 1.165) is 24.2 Å². The van der Waals surface area contributed by atoms with E-state index in [2.05, 4.69) is 22.0 Å². The van der Waals surface area contributed by atoms with Crippen molar-refractivity contribution >= 4 is 0 Å². The fraction of sp³-hybridized carbons (Fsp3) is 0.833. The summed E-state index contributed by atoms with van der Waals surface area (Å²) in [7, 11) is 0. The maximum absolute atomic E-state index is 5.29. The van der Waals surface area contributed by atoms with Crippen LogP contribution in [0.1, 0.15) is 50.2 Å². The first-order valence-corrected chi connectivity index (χ1v) is 6.36. The molecular weight excluding hydrogens is 202 g/mol. The van der Waals surface area contributed by atoms with Crippen molar-refractivity contribution in [3.05, 3.63) is 11.7 Å². The third kappa shape index (κ3) is 2.26. The van der Waals surface area contributed by atoms with Gasteiger partial charge in [-0.15, -0.1) is 0 Å². The molecule has 1 aromatic rings. The summed E-state index contributed by atoms with van der Waals surface area (Å²) in [5.41, 5.74) is 0. The van der Waals surface area contributed by atoms with E-state index in [4.69, 9.17) is 4.52 Å². The van der Waals surface area contributed by atoms with Gasteiger partial charge in [-0.2, -0.15) is 4.98 Å². The van der Waals surface area contributed by atoms with Gasteiger partial charge >= 0.3 is 0 Å². The zero-order chi connectivity index (χ0) is 11.0. The summed E-state index contributed by atoms with van der Waals surface area (Å²) in [6.07, 6.45) is 5.06. The Balaban J connectivity index is 1.56. The Morgan fingerprint density at radius 1 is 1.25 bits per heavy atom. The van der Waals surface area contributed by atoms with Crippen LogP contribution in [0, 0.1) is 5.92 Å². The van der Waals surface area contributed by atoms with Gasteiger partial charge in [-0.3, -0.25) is 4.90 Å². The van der Waals surface area contributed by atoms with E-state index in [1.54, 1.807) is 0 Å². The van der Waals surface area contributed by atoms with Crippen LogP contribution in [0.3, 0.4) is 0 Å². The van der Waals surface area contributed by atoms with Gasteiger partial charge in [0.15, 0.2) is 5.82 Å². The molecule has 1 aromatic heterocycles. The van der Waals surface area contributed by atoms with E-state index in [0.29, 0.717) is 5.92 Å². The summed E-state index contributed by atoms with van der Waals surface area (Å²) < 4.78 is 5.29. The zero-order valence-electron chi connectivity index (χ0n) is 9.85. The van der Waals surface area contributed by atoms with Crippen molar-refractivity contribution < 1.29 is 4.52 Å². The molecule has 3 rings (SSSR count). The standard InChI is InChI=1S/C12H19N3O/c1-9-4-6-15(7-5-9)8-11-13-12(14-16-11)10-2-3-10/h9-10H,2-8H2,1H3. The molecule has 0 spiro atoms. The van der Waals surface area contributed by atoms with Gasteiger partial charge in [-0.05, 0) is 44.7 Å². The van der Waals surface area contributed by atoms with E-state index in [1.807, 2.05) is 0 Å². The molecule has 88 valence electrons. The molecule has 1 saturated heterocycles. The molecule has 4 heteroatoms. The fourth-order valence-corrected chi connectivity index (χ4v) is 2.25. The van der Waals surface area contributed by atoms with Crippen LogP contribution in [-0.4, -0.2) is 28.1 Å². The van der Waals surface area contributed by atoms with Crippen molar-refractivity contribution in [3.8, 4) is 0 Å². The van der Waals surface area contributed by atoms with Crippen LogP contribution in [0.2, 0.25) is 0 Å². The Morgan fingerprint density at radius 3 is 2.69 bits per heavy atom. The lowest BCUT2D eigenvalue weighted by Gasteiger charge is -2.28. The smallest absolute Gasteiger partial charge is 0.240 e. The predicted molar refractivity (Wildman–Crippen MR) is 59.9 cm³/mol.